The molecule has 3 nitrogen and oxygen atoms in total. The van der Waals surface area contributed by atoms with Gasteiger partial charge in [0.25, 0.3) is 0 Å². The van der Waals surface area contributed by atoms with Gasteiger partial charge in [0.1, 0.15) is 5.78 Å². The lowest BCUT2D eigenvalue weighted by atomic mass is 9.54. The first-order valence-electron chi connectivity index (χ1n) is 13.3. The summed E-state index contributed by atoms with van der Waals surface area (Å²) < 4.78 is 4.76. The molecular formula is C32H38O3. The van der Waals surface area contributed by atoms with Crippen LogP contribution >= 0.6 is 0 Å². The number of ether oxygens (including phenoxy) is 1. The highest BCUT2D eigenvalue weighted by Crippen LogP contribution is 2.62. The van der Waals surface area contributed by atoms with Crippen LogP contribution in [-0.2, 0) is 33.6 Å². The number of benzene rings is 2. The van der Waals surface area contributed by atoms with Crippen molar-refractivity contribution in [2.45, 2.75) is 71.1 Å². The summed E-state index contributed by atoms with van der Waals surface area (Å²) in [6.45, 7) is 4.50. The number of ketones is 1. The van der Waals surface area contributed by atoms with Gasteiger partial charge >= 0.3 is 5.97 Å². The maximum Gasteiger partial charge on any atom is 0.330 e. The molecule has 0 radical (unpaired) electrons. The van der Waals surface area contributed by atoms with E-state index in [1.165, 1.54) is 41.9 Å². The Bertz CT molecular complexity index is 1130. The van der Waals surface area contributed by atoms with Crippen LogP contribution in [0, 0.1) is 30.1 Å². The minimum absolute atomic E-state index is 0.201. The SMILES string of the molecule is COC(=O)/C=C/C[C@H]1CC(=O)[C@@]2(C)CC[C@@H]3c4cc(C)c(CCc5ccccc5)cc4CC[C@H]3[C@H]12. The summed E-state index contributed by atoms with van der Waals surface area (Å²) in [7, 11) is 1.41. The van der Waals surface area contributed by atoms with Gasteiger partial charge in [0.2, 0.25) is 0 Å². The van der Waals surface area contributed by atoms with Gasteiger partial charge in [-0.2, -0.15) is 0 Å². The molecule has 0 aromatic heterocycles. The first kappa shape index (κ1) is 24.0. The normalized spacial score (nSPS) is 29.5. The highest BCUT2D eigenvalue weighted by Gasteiger charge is 2.58. The van der Waals surface area contributed by atoms with Gasteiger partial charge in [-0.1, -0.05) is 55.5 Å². The van der Waals surface area contributed by atoms with E-state index in [1.807, 2.05) is 6.08 Å². The molecule has 2 saturated carbocycles. The summed E-state index contributed by atoms with van der Waals surface area (Å²) >= 11 is 0. The minimum atomic E-state index is -0.316. The fraction of sp³-hybridized carbons (Fsp3) is 0.500. The van der Waals surface area contributed by atoms with Crippen molar-refractivity contribution in [2.75, 3.05) is 7.11 Å². The number of carbonyl (C=O) groups excluding carboxylic acids is 2. The second-order valence-corrected chi connectivity index (χ2v) is 11.3. The summed E-state index contributed by atoms with van der Waals surface area (Å²) in [5, 5.41) is 0. The summed E-state index contributed by atoms with van der Waals surface area (Å²) in [6, 6.07) is 15.7. The van der Waals surface area contributed by atoms with Crippen LogP contribution in [0.2, 0.25) is 0 Å². The van der Waals surface area contributed by atoms with E-state index in [4.69, 9.17) is 4.74 Å². The van der Waals surface area contributed by atoms with E-state index in [1.54, 1.807) is 5.56 Å². The lowest BCUT2D eigenvalue weighted by Gasteiger charge is -2.50. The number of esters is 1. The smallest absolute Gasteiger partial charge is 0.330 e. The van der Waals surface area contributed by atoms with Crippen LogP contribution in [-0.4, -0.2) is 18.9 Å². The molecule has 3 aliphatic carbocycles. The number of hydrogen-bond acceptors (Lipinski definition) is 3. The van der Waals surface area contributed by atoms with Crippen LogP contribution < -0.4 is 0 Å². The summed E-state index contributed by atoms with van der Waals surface area (Å²) in [4.78, 5) is 24.8. The van der Waals surface area contributed by atoms with Crippen molar-refractivity contribution in [3.05, 3.63) is 82.4 Å². The van der Waals surface area contributed by atoms with Gasteiger partial charge in [-0.25, -0.2) is 4.79 Å². The number of carbonyl (C=O) groups is 2. The molecule has 35 heavy (non-hydrogen) atoms. The number of methoxy groups -OCH3 is 1. The summed E-state index contributed by atoms with van der Waals surface area (Å²) in [5.74, 6) is 1.96. The number of aryl methyl sites for hydroxylation is 4. The van der Waals surface area contributed by atoms with E-state index in [9.17, 15) is 9.59 Å². The highest BCUT2D eigenvalue weighted by molar-refractivity contribution is 5.88. The Balaban J connectivity index is 1.37. The Labute approximate surface area is 210 Å². The Hall–Kier alpha value is -2.68. The fourth-order valence-corrected chi connectivity index (χ4v) is 7.66. The van der Waals surface area contributed by atoms with Crippen LogP contribution in [0.25, 0.3) is 0 Å². The lowest BCUT2D eigenvalue weighted by molar-refractivity contribution is -0.135. The van der Waals surface area contributed by atoms with E-state index < -0.39 is 0 Å². The molecule has 3 heteroatoms. The molecule has 2 aromatic carbocycles. The molecule has 2 aromatic rings. The average Bonchev–Trinajstić information content (AvgIpc) is 3.12. The van der Waals surface area contributed by atoms with Gasteiger partial charge < -0.3 is 4.74 Å². The molecule has 0 unspecified atom stereocenters. The maximum absolute atomic E-state index is 13.2. The third-order valence-electron chi connectivity index (χ3n) is 9.44. The van der Waals surface area contributed by atoms with Crippen LogP contribution in [0.1, 0.15) is 72.8 Å². The zero-order valence-corrected chi connectivity index (χ0v) is 21.4. The van der Waals surface area contributed by atoms with Crippen LogP contribution in [0.5, 0.6) is 0 Å². The topological polar surface area (TPSA) is 43.4 Å². The first-order valence-corrected chi connectivity index (χ1v) is 13.3. The van der Waals surface area contributed by atoms with Gasteiger partial charge in [0.05, 0.1) is 7.11 Å². The van der Waals surface area contributed by atoms with Crippen molar-refractivity contribution >= 4 is 11.8 Å². The molecular weight excluding hydrogens is 432 g/mol. The number of allylic oxidation sites excluding steroid dienone is 1. The van der Waals surface area contributed by atoms with Crippen molar-refractivity contribution in [3.8, 4) is 0 Å². The van der Waals surface area contributed by atoms with Crippen molar-refractivity contribution in [2.24, 2.45) is 23.2 Å². The van der Waals surface area contributed by atoms with E-state index >= 15 is 0 Å². The predicted molar refractivity (Wildman–Crippen MR) is 139 cm³/mol. The van der Waals surface area contributed by atoms with Crippen molar-refractivity contribution < 1.29 is 14.3 Å². The first-order chi connectivity index (χ1) is 16.9. The number of rotatable bonds is 6. The Morgan fingerprint density at radius 1 is 1.14 bits per heavy atom. The quantitative estimate of drug-likeness (QED) is 0.355. The van der Waals surface area contributed by atoms with Crippen molar-refractivity contribution in [3.63, 3.8) is 0 Å². The van der Waals surface area contributed by atoms with E-state index in [-0.39, 0.29) is 11.4 Å². The molecule has 5 rings (SSSR count). The zero-order chi connectivity index (χ0) is 24.6. The van der Waals surface area contributed by atoms with Gasteiger partial charge in [0.15, 0.2) is 0 Å². The van der Waals surface area contributed by atoms with Crippen molar-refractivity contribution in [1.29, 1.82) is 0 Å². The molecule has 184 valence electrons. The molecule has 0 N–H and O–H groups in total. The third-order valence-corrected chi connectivity index (χ3v) is 9.44. The number of hydrogen-bond donors (Lipinski definition) is 0. The van der Waals surface area contributed by atoms with Gasteiger partial charge in [-0.3, -0.25) is 4.79 Å². The minimum Gasteiger partial charge on any atom is -0.466 e. The maximum atomic E-state index is 13.2. The number of Topliss-reactive ketones (excluding diaryl/α,β-unsaturated/α-hetero) is 1. The van der Waals surface area contributed by atoms with E-state index in [2.05, 4.69) is 56.3 Å². The molecule has 0 saturated heterocycles. The Morgan fingerprint density at radius 3 is 2.71 bits per heavy atom. The lowest BCUT2D eigenvalue weighted by Crippen LogP contribution is -2.44. The second kappa shape index (κ2) is 9.76. The number of fused-ring (bicyclic) bond motifs is 5. The third kappa shape index (κ3) is 4.50. The molecule has 0 amide bonds. The largest absolute Gasteiger partial charge is 0.466 e. The zero-order valence-electron chi connectivity index (χ0n) is 21.4. The molecule has 3 aliphatic rings. The molecule has 5 atom stereocenters. The van der Waals surface area contributed by atoms with Crippen molar-refractivity contribution in [1.82, 2.24) is 0 Å². The van der Waals surface area contributed by atoms with Gasteiger partial charge in [-0.15, -0.1) is 0 Å². The molecule has 2 fully saturated rings. The van der Waals surface area contributed by atoms with E-state index in [0.29, 0.717) is 35.9 Å². The monoisotopic (exact) mass is 470 g/mol. The highest BCUT2D eigenvalue weighted by atomic mass is 16.5. The average molecular weight is 471 g/mol. The Kier molecular flexibility index (Phi) is 6.70. The molecule has 0 aliphatic heterocycles. The summed E-state index contributed by atoms with van der Waals surface area (Å²) in [5.41, 5.74) is 7.17. The molecule has 0 bridgehead atoms. The van der Waals surface area contributed by atoms with Gasteiger partial charge in [-0.05, 0) is 103 Å². The van der Waals surface area contributed by atoms with Crippen LogP contribution in [0.3, 0.4) is 0 Å². The van der Waals surface area contributed by atoms with Crippen LogP contribution in [0.4, 0.5) is 0 Å². The predicted octanol–water partition coefficient (Wildman–Crippen LogP) is 6.55. The standard InChI is InChI=1S/C32H38O3/c1-21-18-28-24(19-23(21)13-12-22-8-5-4-6-9-22)14-15-27-26(28)16-17-32(2)29(33)20-25(31(27)32)10-7-11-30(34)35-3/h4-9,11,18-19,25-27,31H,10,12-17,20H2,1-3H3/b11-7+/t25-,26-,27+,31-,32+/m0/s1. The van der Waals surface area contributed by atoms with Crippen LogP contribution in [0.15, 0.2) is 54.6 Å². The molecule has 0 spiro atoms. The fourth-order valence-electron chi connectivity index (χ4n) is 7.66. The second-order valence-electron chi connectivity index (χ2n) is 11.3. The Morgan fingerprint density at radius 2 is 1.94 bits per heavy atom. The van der Waals surface area contributed by atoms with E-state index in [0.717, 1.165) is 38.5 Å². The molecule has 0 heterocycles. The summed E-state index contributed by atoms with van der Waals surface area (Å²) in [6.07, 6.45) is 11.4. The van der Waals surface area contributed by atoms with Gasteiger partial charge in [0, 0.05) is 17.9 Å².